The minimum absolute atomic E-state index is 0.263. The van der Waals surface area contributed by atoms with Gasteiger partial charge in [0.1, 0.15) is 12.7 Å². The molecular formula is C15H21N5O9. The molecule has 0 aromatic heterocycles. The van der Waals surface area contributed by atoms with E-state index in [1.54, 1.807) is 0 Å². The monoisotopic (exact) mass is 417 g/mol. The number of hydrogen-bond donors (Lipinski definition) is 3. The Morgan fingerprint density at radius 2 is 1.72 bits per heavy atom. The average Bonchev–Trinajstić information content (AvgIpc) is 3.06. The van der Waals surface area contributed by atoms with Crippen molar-refractivity contribution in [3.63, 3.8) is 0 Å². The van der Waals surface area contributed by atoms with Crippen LogP contribution in [0.2, 0.25) is 0 Å². The highest BCUT2D eigenvalue weighted by Gasteiger charge is 2.55. The molecule has 14 heteroatoms. The van der Waals surface area contributed by atoms with Crippen LogP contribution < -0.4 is 16.8 Å². The third kappa shape index (κ3) is 5.10. The van der Waals surface area contributed by atoms with Crippen LogP contribution in [0.5, 0.6) is 0 Å². The lowest BCUT2D eigenvalue weighted by molar-refractivity contribution is -0.167. The second-order valence-electron chi connectivity index (χ2n) is 6.14. The van der Waals surface area contributed by atoms with Gasteiger partial charge < -0.3 is 30.4 Å². The summed E-state index contributed by atoms with van der Waals surface area (Å²) in [6, 6.07) is -1.15. The van der Waals surface area contributed by atoms with Gasteiger partial charge in [0.25, 0.3) is 5.91 Å². The lowest BCUT2D eigenvalue weighted by atomic mass is 10.1. The number of nitrogens with one attached hydrogen (secondary N) is 1. The van der Waals surface area contributed by atoms with Crippen molar-refractivity contribution in [2.45, 2.75) is 51.5 Å². The number of primary amides is 1. The van der Waals surface area contributed by atoms with Gasteiger partial charge in [-0.1, -0.05) is 0 Å². The third-order valence-electron chi connectivity index (χ3n) is 3.88. The zero-order chi connectivity index (χ0) is 21.9. The maximum atomic E-state index is 12.1. The van der Waals surface area contributed by atoms with Crippen molar-refractivity contribution in [1.82, 2.24) is 10.2 Å². The molecule has 2 rings (SSSR count). The molecule has 2 heterocycles. The first-order chi connectivity index (χ1) is 13.5. The predicted octanol–water partition coefficient (Wildman–Crippen LogP) is -2.71. The molecule has 160 valence electrons. The van der Waals surface area contributed by atoms with Gasteiger partial charge in [-0.3, -0.25) is 29.4 Å². The van der Waals surface area contributed by atoms with E-state index in [9.17, 15) is 24.0 Å². The van der Waals surface area contributed by atoms with Crippen LogP contribution >= 0.6 is 0 Å². The number of ether oxygens (including phenoxy) is 4. The summed E-state index contributed by atoms with van der Waals surface area (Å²) in [7, 11) is 0. The van der Waals surface area contributed by atoms with Crippen LogP contribution in [0, 0.1) is 0 Å². The van der Waals surface area contributed by atoms with Crippen LogP contribution in [-0.2, 0) is 38.1 Å². The first-order valence-corrected chi connectivity index (χ1v) is 8.36. The quantitative estimate of drug-likeness (QED) is 0.232. The van der Waals surface area contributed by atoms with E-state index >= 15 is 0 Å². The van der Waals surface area contributed by atoms with E-state index in [0.29, 0.717) is 4.90 Å². The zero-order valence-corrected chi connectivity index (χ0v) is 15.8. The topological polar surface area (TPSA) is 202 Å². The predicted molar refractivity (Wildman–Crippen MR) is 91.4 cm³/mol. The summed E-state index contributed by atoms with van der Waals surface area (Å²) in [6.07, 6.45) is -6.81. The van der Waals surface area contributed by atoms with E-state index in [0.717, 1.165) is 20.8 Å². The third-order valence-corrected chi connectivity index (χ3v) is 3.88. The molecule has 0 radical (unpaired) electrons. The lowest BCUT2D eigenvalue weighted by Crippen LogP contribution is -2.57. The van der Waals surface area contributed by atoms with Crippen molar-refractivity contribution in [3.8, 4) is 0 Å². The molecule has 0 aliphatic carbocycles. The Kier molecular flexibility index (Phi) is 6.58. The van der Waals surface area contributed by atoms with Crippen LogP contribution in [0.4, 0.5) is 4.79 Å². The lowest BCUT2D eigenvalue weighted by Gasteiger charge is -2.32. The molecule has 1 unspecified atom stereocenters. The first-order valence-electron chi connectivity index (χ1n) is 8.36. The fourth-order valence-corrected chi connectivity index (χ4v) is 2.90. The summed E-state index contributed by atoms with van der Waals surface area (Å²) in [6.45, 7) is 2.93. The highest BCUT2D eigenvalue weighted by Crippen LogP contribution is 2.31. The van der Waals surface area contributed by atoms with Crippen LogP contribution in [0.1, 0.15) is 20.8 Å². The number of rotatable bonds is 6. The molecule has 29 heavy (non-hydrogen) atoms. The second kappa shape index (κ2) is 8.72. The van der Waals surface area contributed by atoms with E-state index in [4.69, 9.17) is 30.4 Å². The Hall–Kier alpha value is -3.42. The number of carbonyl (C=O) groups is 5. The van der Waals surface area contributed by atoms with E-state index in [2.05, 4.69) is 10.3 Å². The molecular weight excluding hydrogens is 396 g/mol. The highest BCUT2D eigenvalue weighted by atomic mass is 18.1. The highest BCUT2D eigenvalue weighted by molar-refractivity contribution is 6.05. The Morgan fingerprint density at radius 1 is 1.14 bits per heavy atom. The van der Waals surface area contributed by atoms with Gasteiger partial charge in [0, 0.05) is 20.8 Å². The van der Waals surface area contributed by atoms with Gasteiger partial charge in [-0.05, 0) is 0 Å². The molecule has 0 aromatic rings. The molecule has 1 fully saturated rings. The molecule has 0 saturated carbocycles. The second-order valence-corrected chi connectivity index (χ2v) is 6.14. The summed E-state index contributed by atoms with van der Waals surface area (Å²) in [5.41, 5.74) is 10.8. The zero-order valence-electron chi connectivity index (χ0n) is 15.8. The number of guanidine groups is 1. The molecule has 5 N–H and O–H groups in total. The van der Waals surface area contributed by atoms with Crippen molar-refractivity contribution in [1.29, 1.82) is 0 Å². The largest absolute Gasteiger partial charge is 0.463 e. The van der Waals surface area contributed by atoms with Crippen molar-refractivity contribution in [2.75, 3.05) is 6.61 Å². The van der Waals surface area contributed by atoms with Gasteiger partial charge in [-0.2, -0.15) is 0 Å². The Labute approximate surface area is 164 Å². The van der Waals surface area contributed by atoms with Crippen LogP contribution in [0.3, 0.4) is 0 Å². The number of nitrogens with two attached hydrogens (primary N) is 2. The SMILES string of the molecule is CC(=O)OC[C@H]1O[C@@H](N(C(N)=O)C2N=C(N)NC2=[18O])[C@H](OC(C)=O)[C@@H]1OC(C)=O. The fraction of sp³-hybridized carbons (Fsp3) is 0.600. The molecule has 0 spiro atoms. The van der Waals surface area contributed by atoms with Crippen LogP contribution in [-0.4, -0.2) is 78.0 Å². The van der Waals surface area contributed by atoms with Crippen molar-refractivity contribution >= 4 is 35.8 Å². The molecule has 1 saturated heterocycles. The Morgan fingerprint density at radius 3 is 2.17 bits per heavy atom. The molecule has 2 aliphatic rings. The Balaban J connectivity index is 2.42. The number of amides is 3. The molecule has 5 atom stereocenters. The summed E-state index contributed by atoms with van der Waals surface area (Å²) < 4.78 is 20.9. The number of hydrogen-bond acceptors (Lipinski definition) is 11. The van der Waals surface area contributed by atoms with Crippen LogP contribution in [0.25, 0.3) is 0 Å². The number of aliphatic imine (C=N–C) groups is 1. The molecule has 2 aliphatic heterocycles. The minimum atomic E-state index is -1.51. The van der Waals surface area contributed by atoms with E-state index < -0.39 is 67.2 Å². The van der Waals surface area contributed by atoms with Gasteiger partial charge in [0.15, 0.2) is 24.4 Å². The number of carbonyl (C=O) groups excluding carboxylic acids is 5. The van der Waals surface area contributed by atoms with Crippen molar-refractivity contribution in [2.24, 2.45) is 16.5 Å². The molecule has 14 nitrogen and oxygen atoms in total. The number of nitrogens with zero attached hydrogens (tertiary/aromatic N) is 2. The summed E-state index contributed by atoms with van der Waals surface area (Å²) in [5, 5.41) is 2.20. The van der Waals surface area contributed by atoms with Crippen LogP contribution in [0.15, 0.2) is 4.99 Å². The van der Waals surface area contributed by atoms with Gasteiger partial charge in [-0.15, -0.1) is 0 Å². The van der Waals surface area contributed by atoms with Crippen molar-refractivity contribution in [3.05, 3.63) is 0 Å². The first kappa shape index (κ1) is 21.9. The van der Waals surface area contributed by atoms with E-state index in [1.807, 2.05) is 0 Å². The Bertz CT molecular complexity index is 754. The molecule has 3 amide bonds. The summed E-state index contributed by atoms with van der Waals surface area (Å²) in [5.74, 6) is -3.24. The fourth-order valence-electron chi connectivity index (χ4n) is 2.90. The number of urea groups is 1. The standard InChI is InChI=1S/C15H21N5O9/c1-5(21)26-4-8-9(27-6(2)22)10(28-7(3)23)13(29-8)20(15(17)25)11-12(24)19-14(16)18-11/h8-11,13H,4H2,1-3H3,(H2,17,25)(H3,16,18,19,24)/t8-,9-,10-,11?,13-/m1/s1/i24+2. The average molecular weight is 417 g/mol. The number of esters is 3. The molecule has 0 aromatic carbocycles. The maximum Gasteiger partial charge on any atom is 0.319 e. The van der Waals surface area contributed by atoms with Crippen molar-refractivity contribution < 1.29 is 42.9 Å². The smallest absolute Gasteiger partial charge is 0.319 e. The van der Waals surface area contributed by atoms with Gasteiger partial charge in [0.2, 0.25) is 6.17 Å². The minimum Gasteiger partial charge on any atom is -0.463 e. The van der Waals surface area contributed by atoms with E-state index in [-0.39, 0.29) is 5.96 Å². The summed E-state index contributed by atoms with van der Waals surface area (Å²) in [4.78, 5) is 63.0. The van der Waals surface area contributed by atoms with Gasteiger partial charge >= 0.3 is 23.9 Å². The maximum absolute atomic E-state index is 12.1. The molecule has 0 bridgehead atoms. The normalized spacial score (nSPS) is 28.2. The van der Waals surface area contributed by atoms with Gasteiger partial charge in [0.05, 0.1) is 0 Å². The van der Waals surface area contributed by atoms with E-state index in [1.165, 1.54) is 0 Å². The van der Waals surface area contributed by atoms with Gasteiger partial charge in [-0.25, -0.2) is 9.79 Å². The summed E-state index contributed by atoms with van der Waals surface area (Å²) >= 11 is 0.